The van der Waals surface area contributed by atoms with Crippen LogP contribution in [0.1, 0.15) is 17.4 Å². The van der Waals surface area contributed by atoms with Gasteiger partial charge in [-0.05, 0) is 28.1 Å². The minimum atomic E-state index is -0.569. The van der Waals surface area contributed by atoms with Crippen molar-refractivity contribution in [3.8, 4) is 5.75 Å². The molecule has 0 aliphatic heterocycles. The quantitative estimate of drug-likeness (QED) is 0.673. The first-order chi connectivity index (χ1) is 8.67. The molecule has 1 aromatic heterocycles. The Morgan fingerprint density at radius 1 is 1.44 bits per heavy atom. The summed E-state index contributed by atoms with van der Waals surface area (Å²) in [5.74, 6) is 6.02. The van der Waals surface area contributed by atoms with Gasteiger partial charge in [-0.15, -0.1) is 0 Å². The summed E-state index contributed by atoms with van der Waals surface area (Å²) in [5, 5.41) is 0. The molecule has 2 rings (SSSR count). The van der Waals surface area contributed by atoms with Gasteiger partial charge in [0.25, 0.3) is 0 Å². The van der Waals surface area contributed by atoms with Crippen molar-refractivity contribution in [2.24, 2.45) is 5.84 Å². The van der Waals surface area contributed by atoms with Gasteiger partial charge in [0.2, 0.25) is 0 Å². The molecule has 1 unspecified atom stereocenters. The molecule has 1 atom stereocenters. The van der Waals surface area contributed by atoms with Crippen LogP contribution in [0.15, 0.2) is 39.4 Å². The van der Waals surface area contributed by atoms with Crippen molar-refractivity contribution in [3.63, 3.8) is 0 Å². The zero-order chi connectivity index (χ0) is 13.1. The molecule has 0 spiro atoms. The topological polar surface area (TPSA) is 60.4 Å². The second-order valence-corrected chi connectivity index (χ2v) is 4.47. The van der Waals surface area contributed by atoms with Gasteiger partial charge < -0.3 is 9.15 Å². The lowest BCUT2D eigenvalue weighted by Gasteiger charge is -2.15. The van der Waals surface area contributed by atoms with Crippen molar-refractivity contribution in [1.82, 2.24) is 5.43 Å². The number of nitrogens with two attached hydrogens (primary N) is 1. The molecule has 0 aliphatic carbocycles. The zero-order valence-electron chi connectivity index (χ0n) is 9.61. The monoisotopic (exact) mass is 314 g/mol. The Morgan fingerprint density at radius 2 is 2.22 bits per heavy atom. The number of ether oxygens (including phenoxy) is 1. The van der Waals surface area contributed by atoms with Gasteiger partial charge in [0, 0.05) is 11.6 Å². The van der Waals surface area contributed by atoms with Crippen molar-refractivity contribution >= 4 is 15.9 Å². The highest BCUT2D eigenvalue weighted by atomic mass is 79.9. The number of hydrogen-bond acceptors (Lipinski definition) is 4. The van der Waals surface area contributed by atoms with E-state index in [9.17, 15) is 4.39 Å². The van der Waals surface area contributed by atoms with E-state index in [1.165, 1.54) is 19.4 Å². The van der Waals surface area contributed by atoms with Gasteiger partial charge in [0.05, 0.1) is 17.8 Å². The molecule has 2 aromatic rings. The second kappa shape index (κ2) is 5.51. The van der Waals surface area contributed by atoms with Crippen molar-refractivity contribution in [2.45, 2.75) is 6.04 Å². The fourth-order valence-corrected chi connectivity index (χ4v) is 2.12. The highest BCUT2D eigenvalue weighted by Crippen LogP contribution is 2.31. The van der Waals surface area contributed by atoms with Crippen LogP contribution in [-0.4, -0.2) is 7.11 Å². The predicted molar refractivity (Wildman–Crippen MR) is 68.5 cm³/mol. The summed E-state index contributed by atoms with van der Waals surface area (Å²) in [5.41, 5.74) is 2.92. The second-order valence-electron chi connectivity index (χ2n) is 3.62. The van der Waals surface area contributed by atoms with Gasteiger partial charge in [0.1, 0.15) is 23.4 Å². The van der Waals surface area contributed by atoms with Gasteiger partial charge >= 0.3 is 0 Å². The molecule has 0 saturated carbocycles. The van der Waals surface area contributed by atoms with Crippen LogP contribution in [0, 0.1) is 5.82 Å². The van der Waals surface area contributed by atoms with Crippen LogP contribution in [0.4, 0.5) is 4.39 Å². The first-order valence-corrected chi connectivity index (χ1v) is 5.99. The molecule has 0 aliphatic rings. The third-order valence-electron chi connectivity index (χ3n) is 2.59. The summed E-state index contributed by atoms with van der Waals surface area (Å²) < 4.78 is 24.9. The summed E-state index contributed by atoms with van der Waals surface area (Å²) in [6.45, 7) is 0. The molecule has 0 bridgehead atoms. The summed E-state index contributed by atoms with van der Waals surface area (Å²) in [6.07, 6.45) is 1.51. The van der Waals surface area contributed by atoms with E-state index in [1.54, 1.807) is 18.2 Å². The third kappa shape index (κ3) is 2.40. The Balaban J connectivity index is 2.42. The molecule has 18 heavy (non-hydrogen) atoms. The lowest BCUT2D eigenvalue weighted by atomic mass is 10.0. The summed E-state index contributed by atoms with van der Waals surface area (Å²) in [6, 6.07) is 5.73. The molecule has 6 heteroatoms. The minimum Gasteiger partial charge on any atom is -0.497 e. The van der Waals surface area contributed by atoms with Crippen LogP contribution in [0.3, 0.4) is 0 Å². The maximum atomic E-state index is 14.0. The number of hydrazine groups is 1. The van der Waals surface area contributed by atoms with Crippen LogP contribution in [0.5, 0.6) is 5.75 Å². The van der Waals surface area contributed by atoms with Crippen molar-refractivity contribution < 1.29 is 13.5 Å². The van der Waals surface area contributed by atoms with E-state index in [4.69, 9.17) is 15.0 Å². The smallest absolute Gasteiger partial charge is 0.140 e. The van der Waals surface area contributed by atoms with Crippen LogP contribution in [0.2, 0.25) is 0 Å². The predicted octanol–water partition coefficient (Wildman–Crippen LogP) is 2.74. The van der Waals surface area contributed by atoms with E-state index in [0.29, 0.717) is 17.1 Å². The molecular weight excluding hydrogens is 303 g/mol. The minimum absolute atomic E-state index is 0.383. The van der Waals surface area contributed by atoms with E-state index >= 15 is 0 Å². The lowest BCUT2D eigenvalue weighted by Crippen LogP contribution is -2.29. The SMILES string of the molecule is COc1ccc(C(NN)c2occc2Br)c(F)c1. The Morgan fingerprint density at radius 3 is 2.72 bits per heavy atom. The first-order valence-electron chi connectivity index (χ1n) is 5.19. The van der Waals surface area contributed by atoms with E-state index in [-0.39, 0.29) is 0 Å². The van der Waals surface area contributed by atoms with Gasteiger partial charge in [-0.25, -0.2) is 9.82 Å². The average Bonchev–Trinajstić information content (AvgIpc) is 2.78. The molecule has 3 N–H and O–H groups in total. The number of hydrogen-bond donors (Lipinski definition) is 2. The normalized spacial score (nSPS) is 12.4. The summed E-state index contributed by atoms with van der Waals surface area (Å²) >= 11 is 3.32. The highest BCUT2D eigenvalue weighted by Gasteiger charge is 2.22. The summed E-state index contributed by atoms with van der Waals surface area (Å²) in [7, 11) is 1.48. The molecule has 1 heterocycles. The first kappa shape index (κ1) is 13.1. The molecule has 4 nitrogen and oxygen atoms in total. The van der Waals surface area contributed by atoms with Crippen molar-refractivity contribution in [1.29, 1.82) is 0 Å². The molecule has 1 aromatic carbocycles. The van der Waals surface area contributed by atoms with Gasteiger partial charge in [0.15, 0.2) is 0 Å². The lowest BCUT2D eigenvalue weighted by molar-refractivity contribution is 0.407. The van der Waals surface area contributed by atoms with Crippen LogP contribution in [0.25, 0.3) is 0 Å². The molecule has 0 saturated heterocycles. The largest absolute Gasteiger partial charge is 0.497 e. The fraction of sp³-hybridized carbons (Fsp3) is 0.167. The summed E-state index contributed by atoms with van der Waals surface area (Å²) in [4.78, 5) is 0. The molecule has 0 amide bonds. The maximum Gasteiger partial charge on any atom is 0.140 e. The van der Waals surface area contributed by atoms with E-state index in [2.05, 4.69) is 21.4 Å². The number of methoxy groups -OCH3 is 1. The van der Waals surface area contributed by atoms with Crippen LogP contribution >= 0.6 is 15.9 Å². The van der Waals surface area contributed by atoms with E-state index in [1.807, 2.05) is 0 Å². The standard InChI is InChI=1S/C12H12BrFN2O2/c1-17-7-2-3-8(10(14)6-7)11(16-15)12-9(13)4-5-18-12/h2-6,11,16H,15H2,1H3. The molecular formula is C12H12BrFN2O2. The molecule has 96 valence electrons. The van der Waals surface area contributed by atoms with E-state index in [0.717, 1.165) is 4.47 Å². The van der Waals surface area contributed by atoms with Crippen LogP contribution < -0.4 is 16.0 Å². The molecule has 0 radical (unpaired) electrons. The Kier molecular flexibility index (Phi) is 4.00. The maximum absolute atomic E-state index is 14.0. The van der Waals surface area contributed by atoms with Gasteiger partial charge in [-0.2, -0.15) is 0 Å². The van der Waals surface area contributed by atoms with E-state index < -0.39 is 11.9 Å². The Bertz CT molecular complexity index is 545. The number of rotatable bonds is 4. The number of nitrogens with one attached hydrogen (secondary N) is 1. The Hall–Kier alpha value is -1.37. The number of furan rings is 1. The highest BCUT2D eigenvalue weighted by molar-refractivity contribution is 9.10. The fourth-order valence-electron chi connectivity index (χ4n) is 1.69. The molecule has 0 fully saturated rings. The van der Waals surface area contributed by atoms with Crippen molar-refractivity contribution in [2.75, 3.05) is 7.11 Å². The van der Waals surface area contributed by atoms with Gasteiger partial charge in [-0.3, -0.25) is 5.84 Å². The number of halogens is 2. The van der Waals surface area contributed by atoms with Crippen LogP contribution in [-0.2, 0) is 0 Å². The number of benzene rings is 1. The third-order valence-corrected chi connectivity index (χ3v) is 3.25. The van der Waals surface area contributed by atoms with Gasteiger partial charge in [-0.1, -0.05) is 6.07 Å². The zero-order valence-corrected chi connectivity index (χ0v) is 11.2. The average molecular weight is 315 g/mol. The Labute approximate surface area is 112 Å². The van der Waals surface area contributed by atoms with Crippen molar-refractivity contribution in [3.05, 3.63) is 52.1 Å².